The first-order chi connectivity index (χ1) is 9.73. The number of aliphatic carboxylic acids is 1. The van der Waals surface area contributed by atoms with Crippen LogP contribution in [0.1, 0.15) is 10.4 Å². The third kappa shape index (κ3) is 5.69. The van der Waals surface area contributed by atoms with Crippen molar-refractivity contribution < 1.29 is 37.3 Å². The number of carbonyl (C=O) groups excluding carboxylic acids is 1. The minimum absolute atomic E-state index is 0.0600. The van der Waals surface area contributed by atoms with Gasteiger partial charge in [-0.15, -0.1) is 13.2 Å². The molecule has 0 fully saturated rings. The van der Waals surface area contributed by atoms with Gasteiger partial charge in [-0.1, -0.05) is 0 Å². The first-order valence-electron chi connectivity index (χ1n) is 5.62. The molecule has 1 unspecified atom stereocenters. The van der Waals surface area contributed by atoms with Crippen LogP contribution in [0.4, 0.5) is 13.2 Å². The van der Waals surface area contributed by atoms with Gasteiger partial charge in [0.15, 0.2) is 6.10 Å². The lowest BCUT2D eigenvalue weighted by Gasteiger charge is -2.12. The highest BCUT2D eigenvalue weighted by Crippen LogP contribution is 2.22. The highest BCUT2D eigenvalue weighted by Gasteiger charge is 2.31. The number of hydrogen-bond acceptors (Lipinski definition) is 4. The molecule has 6 nitrogen and oxygen atoms in total. The molecule has 0 aliphatic rings. The smallest absolute Gasteiger partial charge is 0.479 e. The molecule has 0 spiro atoms. The summed E-state index contributed by atoms with van der Waals surface area (Å²) in [4.78, 5) is 22.3. The summed E-state index contributed by atoms with van der Waals surface area (Å²) in [6.45, 7) is -0.272. The van der Waals surface area contributed by atoms with Gasteiger partial charge in [0.1, 0.15) is 5.75 Å². The van der Waals surface area contributed by atoms with E-state index in [2.05, 4.69) is 14.8 Å². The van der Waals surface area contributed by atoms with Gasteiger partial charge in [-0.2, -0.15) is 0 Å². The average molecular weight is 307 g/mol. The van der Waals surface area contributed by atoms with Crippen molar-refractivity contribution in [2.75, 3.05) is 13.7 Å². The number of methoxy groups -OCH3 is 1. The third-order valence-electron chi connectivity index (χ3n) is 2.36. The zero-order valence-electron chi connectivity index (χ0n) is 10.8. The predicted molar refractivity (Wildman–Crippen MR) is 63.9 cm³/mol. The maximum absolute atomic E-state index is 12.0. The number of benzene rings is 1. The fraction of sp³-hybridized carbons (Fsp3) is 0.333. The zero-order chi connectivity index (χ0) is 16.0. The first-order valence-corrected chi connectivity index (χ1v) is 5.62. The molecule has 116 valence electrons. The molecule has 1 amide bonds. The van der Waals surface area contributed by atoms with Gasteiger partial charge in [-0.05, 0) is 24.3 Å². The van der Waals surface area contributed by atoms with E-state index in [1.165, 1.54) is 7.11 Å². The molecule has 0 saturated heterocycles. The van der Waals surface area contributed by atoms with Crippen LogP contribution in [0.5, 0.6) is 5.75 Å². The van der Waals surface area contributed by atoms with Gasteiger partial charge in [0.2, 0.25) is 0 Å². The number of hydrogen-bond donors (Lipinski definition) is 2. The molecule has 0 saturated carbocycles. The van der Waals surface area contributed by atoms with E-state index in [4.69, 9.17) is 5.11 Å². The number of halogens is 3. The lowest BCUT2D eigenvalue weighted by Crippen LogP contribution is -2.37. The first kappa shape index (κ1) is 16.8. The summed E-state index contributed by atoms with van der Waals surface area (Å²) in [5.41, 5.74) is 0.0600. The van der Waals surface area contributed by atoms with Crippen LogP contribution in [0.25, 0.3) is 0 Å². The average Bonchev–Trinajstić information content (AvgIpc) is 2.37. The van der Waals surface area contributed by atoms with Crippen molar-refractivity contribution in [2.45, 2.75) is 12.5 Å². The second-order valence-electron chi connectivity index (χ2n) is 3.84. The molecular weight excluding hydrogens is 295 g/mol. The second-order valence-corrected chi connectivity index (χ2v) is 3.84. The fourth-order valence-electron chi connectivity index (χ4n) is 1.37. The van der Waals surface area contributed by atoms with Crippen LogP contribution in [-0.2, 0) is 9.53 Å². The highest BCUT2D eigenvalue weighted by molar-refractivity contribution is 5.94. The van der Waals surface area contributed by atoms with Crippen molar-refractivity contribution in [3.05, 3.63) is 29.8 Å². The number of ether oxygens (including phenoxy) is 2. The Kier molecular flexibility index (Phi) is 5.53. The molecule has 0 aromatic heterocycles. The van der Waals surface area contributed by atoms with Crippen molar-refractivity contribution in [1.82, 2.24) is 5.32 Å². The Labute approximate surface area is 117 Å². The van der Waals surface area contributed by atoms with E-state index >= 15 is 0 Å². The summed E-state index contributed by atoms with van der Waals surface area (Å²) in [5.74, 6) is -2.34. The molecule has 1 rings (SSSR count). The number of carboxylic acids is 1. The summed E-state index contributed by atoms with van der Waals surface area (Å²) >= 11 is 0. The molecule has 1 aromatic rings. The number of rotatable bonds is 6. The molecule has 1 aromatic carbocycles. The molecule has 9 heteroatoms. The van der Waals surface area contributed by atoms with Gasteiger partial charge in [0.25, 0.3) is 5.91 Å². The molecule has 21 heavy (non-hydrogen) atoms. The van der Waals surface area contributed by atoms with Crippen LogP contribution in [0, 0.1) is 0 Å². The molecule has 0 aliphatic heterocycles. The summed E-state index contributed by atoms with van der Waals surface area (Å²) < 4.78 is 44.1. The Hall–Kier alpha value is -2.29. The zero-order valence-corrected chi connectivity index (χ0v) is 10.8. The van der Waals surface area contributed by atoms with E-state index in [-0.39, 0.29) is 12.1 Å². The second kappa shape index (κ2) is 6.93. The number of amides is 1. The molecule has 1 atom stereocenters. The molecule has 0 aliphatic carbocycles. The minimum atomic E-state index is -4.81. The van der Waals surface area contributed by atoms with Gasteiger partial charge in [0.05, 0.1) is 6.54 Å². The minimum Gasteiger partial charge on any atom is -0.479 e. The number of alkyl halides is 3. The van der Waals surface area contributed by atoms with Crippen LogP contribution in [0.3, 0.4) is 0 Å². The van der Waals surface area contributed by atoms with Crippen molar-refractivity contribution in [1.29, 1.82) is 0 Å². The molecular formula is C12H12F3NO5. The molecule has 0 radical (unpaired) electrons. The summed E-state index contributed by atoms with van der Waals surface area (Å²) in [6.07, 6.45) is -6.02. The lowest BCUT2D eigenvalue weighted by atomic mass is 10.2. The van der Waals surface area contributed by atoms with Crippen LogP contribution >= 0.6 is 0 Å². The molecule has 0 heterocycles. The van der Waals surface area contributed by atoms with Crippen molar-refractivity contribution in [2.24, 2.45) is 0 Å². The van der Waals surface area contributed by atoms with Crippen LogP contribution in [0.15, 0.2) is 24.3 Å². The standard InChI is InChI=1S/C12H12F3NO5/c1-20-9(11(18)19)6-16-10(17)7-2-4-8(5-3-7)21-12(13,14)15/h2-5,9H,6H2,1H3,(H,16,17)(H,18,19). The summed E-state index contributed by atoms with van der Waals surface area (Å²) in [5, 5.41) is 11.0. The van der Waals surface area contributed by atoms with Gasteiger partial charge >= 0.3 is 12.3 Å². The van der Waals surface area contributed by atoms with E-state index in [1.54, 1.807) is 0 Å². The molecule has 2 N–H and O–H groups in total. The monoisotopic (exact) mass is 307 g/mol. The number of nitrogens with one attached hydrogen (secondary N) is 1. The maximum atomic E-state index is 12.0. The van der Waals surface area contributed by atoms with Crippen molar-refractivity contribution in [3.8, 4) is 5.75 Å². The Morgan fingerprint density at radius 1 is 1.29 bits per heavy atom. The van der Waals surface area contributed by atoms with Gasteiger partial charge in [-0.3, -0.25) is 4.79 Å². The van der Waals surface area contributed by atoms with E-state index in [0.29, 0.717) is 0 Å². The number of carboxylic acid groups (broad SMARTS) is 1. The maximum Gasteiger partial charge on any atom is 0.573 e. The van der Waals surface area contributed by atoms with Gasteiger partial charge in [-0.25, -0.2) is 4.79 Å². The van der Waals surface area contributed by atoms with E-state index in [9.17, 15) is 22.8 Å². The quantitative estimate of drug-likeness (QED) is 0.830. The largest absolute Gasteiger partial charge is 0.573 e. The highest BCUT2D eigenvalue weighted by atomic mass is 19.4. The van der Waals surface area contributed by atoms with Gasteiger partial charge < -0.3 is 19.9 Å². The van der Waals surface area contributed by atoms with E-state index in [0.717, 1.165) is 24.3 Å². The summed E-state index contributed by atoms with van der Waals surface area (Å²) in [6, 6.07) is 4.21. The van der Waals surface area contributed by atoms with Crippen molar-refractivity contribution in [3.63, 3.8) is 0 Å². The normalized spacial score (nSPS) is 12.6. The Morgan fingerprint density at radius 2 is 1.86 bits per heavy atom. The lowest BCUT2D eigenvalue weighted by molar-refractivity contribution is -0.274. The topological polar surface area (TPSA) is 84.9 Å². The Morgan fingerprint density at radius 3 is 2.29 bits per heavy atom. The SMILES string of the molecule is COC(CNC(=O)c1ccc(OC(F)(F)F)cc1)C(=O)O. The van der Waals surface area contributed by atoms with E-state index in [1.807, 2.05) is 0 Å². The predicted octanol–water partition coefficient (Wildman–Crippen LogP) is 1.41. The molecule has 0 bridgehead atoms. The number of carbonyl (C=O) groups is 2. The third-order valence-corrected chi connectivity index (χ3v) is 2.36. The van der Waals surface area contributed by atoms with Crippen LogP contribution in [0.2, 0.25) is 0 Å². The summed E-state index contributed by atoms with van der Waals surface area (Å²) in [7, 11) is 1.17. The Balaban J connectivity index is 2.61. The fourth-order valence-corrected chi connectivity index (χ4v) is 1.37. The van der Waals surface area contributed by atoms with E-state index < -0.39 is 30.1 Å². The van der Waals surface area contributed by atoms with Gasteiger partial charge in [0, 0.05) is 12.7 Å². The Bertz CT molecular complexity index is 501. The van der Waals surface area contributed by atoms with Crippen LogP contribution < -0.4 is 10.1 Å². The van der Waals surface area contributed by atoms with Crippen LogP contribution in [-0.4, -0.2) is 43.1 Å². The van der Waals surface area contributed by atoms with Crippen molar-refractivity contribution >= 4 is 11.9 Å².